The van der Waals surface area contributed by atoms with Gasteiger partial charge < -0.3 is 15.0 Å². The van der Waals surface area contributed by atoms with Crippen LogP contribution in [-0.2, 0) is 13.0 Å². The van der Waals surface area contributed by atoms with Gasteiger partial charge in [0.15, 0.2) is 0 Å². The van der Waals surface area contributed by atoms with Gasteiger partial charge in [-0.15, -0.1) is 0 Å². The molecule has 3 nitrogen and oxygen atoms in total. The Balaban J connectivity index is 1.68. The van der Waals surface area contributed by atoms with Gasteiger partial charge >= 0.3 is 0 Å². The fourth-order valence-electron chi connectivity index (χ4n) is 2.43. The number of fused-ring (bicyclic) bond motifs is 1. The van der Waals surface area contributed by atoms with E-state index in [1.54, 1.807) is 0 Å². The molecule has 2 atom stereocenters. The predicted octanol–water partition coefficient (Wildman–Crippen LogP) is 2.51. The fraction of sp³-hybridized carbons (Fsp3) is 0.333. The summed E-state index contributed by atoms with van der Waals surface area (Å²) in [5.41, 5.74) is 8.34. The van der Waals surface area contributed by atoms with Crippen molar-refractivity contribution in [2.24, 2.45) is 5.73 Å². The summed E-state index contributed by atoms with van der Waals surface area (Å²) in [4.78, 5) is 0. The summed E-state index contributed by atoms with van der Waals surface area (Å²) in [6.07, 6.45) is 5.40. The van der Waals surface area contributed by atoms with Crippen LogP contribution < -0.4 is 10.5 Å². The molecule has 2 aromatic rings. The maximum absolute atomic E-state index is 5.93. The molecule has 0 saturated heterocycles. The summed E-state index contributed by atoms with van der Waals surface area (Å²) in [5.74, 6) is 1.03. The normalized spacial score (nSPS) is 19.3. The van der Waals surface area contributed by atoms with Crippen LogP contribution in [-0.4, -0.2) is 10.7 Å². The van der Waals surface area contributed by atoms with Gasteiger partial charge in [0, 0.05) is 24.9 Å². The van der Waals surface area contributed by atoms with Crippen molar-refractivity contribution in [3.05, 3.63) is 53.9 Å². The van der Waals surface area contributed by atoms with Crippen LogP contribution in [0.2, 0.25) is 0 Å². The van der Waals surface area contributed by atoms with E-state index in [4.69, 9.17) is 10.5 Å². The standard InChI is InChI=1S/C15H18N2O/c1-11(16)13-6-7-17(9-13)10-14-8-12-4-2-3-5-15(12)18-14/h2-7,9,11,14H,8,10,16H2,1H3. The molecule has 0 saturated carbocycles. The van der Waals surface area contributed by atoms with E-state index in [0.717, 1.165) is 18.7 Å². The molecule has 3 heteroatoms. The second kappa shape index (κ2) is 4.50. The molecule has 18 heavy (non-hydrogen) atoms. The zero-order valence-corrected chi connectivity index (χ0v) is 10.5. The van der Waals surface area contributed by atoms with Crippen molar-refractivity contribution in [3.63, 3.8) is 0 Å². The highest BCUT2D eigenvalue weighted by Gasteiger charge is 2.22. The average molecular weight is 242 g/mol. The van der Waals surface area contributed by atoms with Crippen LogP contribution in [0.25, 0.3) is 0 Å². The van der Waals surface area contributed by atoms with Crippen molar-refractivity contribution in [2.75, 3.05) is 0 Å². The van der Waals surface area contributed by atoms with Gasteiger partial charge in [-0.2, -0.15) is 0 Å². The van der Waals surface area contributed by atoms with E-state index in [0.29, 0.717) is 0 Å². The van der Waals surface area contributed by atoms with Gasteiger partial charge in [0.1, 0.15) is 11.9 Å². The molecule has 0 bridgehead atoms. The number of benzene rings is 1. The summed E-state index contributed by atoms with van der Waals surface area (Å²) in [6.45, 7) is 2.88. The van der Waals surface area contributed by atoms with E-state index in [1.807, 2.05) is 19.1 Å². The molecule has 0 radical (unpaired) electrons. The minimum absolute atomic E-state index is 0.0907. The minimum Gasteiger partial charge on any atom is -0.488 e. The predicted molar refractivity (Wildman–Crippen MR) is 71.6 cm³/mol. The third-order valence-corrected chi connectivity index (χ3v) is 3.43. The molecule has 0 fully saturated rings. The Morgan fingerprint density at radius 2 is 2.22 bits per heavy atom. The molecule has 0 aliphatic carbocycles. The zero-order valence-electron chi connectivity index (χ0n) is 10.5. The SMILES string of the molecule is CC(N)c1ccn(CC2Cc3ccccc3O2)c1. The number of hydrogen-bond acceptors (Lipinski definition) is 2. The molecule has 2 unspecified atom stereocenters. The quantitative estimate of drug-likeness (QED) is 0.898. The van der Waals surface area contributed by atoms with E-state index < -0.39 is 0 Å². The van der Waals surface area contributed by atoms with Crippen molar-refractivity contribution in [3.8, 4) is 5.75 Å². The van der Waals surface area contributed by atoms with E-state index >= 15 is 0 Å². The molecule has 3 rings (SSSR count). The Labute approximate surface area is 107 Å². The molecule has 1 aromatic carbocycles. The highest BCUT2D eigenvalue weighted by Crippen LogP contribution is 2.28. The molecule has 0 spiro atoms. The van der Waals surface area contributed by atoms with Crippen LogP contribution in [0.5, 0.6) is 5.75 Å². The maximum atomic E-state index is 5.93. The Kier molecular flexibility index (Phi) is 2.84. The van der Waals surface area contributed by atoms with Gasteiger partial charge in [-0.3, -0.25) is 0 Å². The van der Waals surface area contributed by atoms with Gasteiger partial charge in [0.2, 0.25) is 0 Å². The number of para-hydroxylation sites is 1. The van der Waals surface area contributed by atoms with Crippen LogP contribution in [0.1, 0.15) is 24.1 Å². The molecule has 1 aromatic heterocycles. The maximum Gasteiger partial charge on any atom is 0.123 e. The van der Waals surface area contributed by atoms with Crippen molar-refractivity contribution >= 4 is 0 Å². The molecule has 2 heterocycles. The monoisotopic (exact) mass is 242 g/mol. The number of rotatable bonds is 3. The lowest BCUT2D eigenvalue weighted by atomic mass is 10.1. The first-order valence-corrected chi connectivity index (χ1v) is 6.38. The summed E-state index contributed by atoms with van der Waals surface area (Å²) in [7, 11) is 0. The van der Waals surface area contributed by atoms with E-state index in [2.05, 4.69) is 35.2 Å². The van der Waals surface area contributed by atoms with Crippen LogP contribution in [0, 0.1) is 0 Å². The molecule has 0 amide bonds. The minimum atomic E-state index is 0.0907. The Morgan fingerprint density at radius 3 is 2.94 bits per heavy atom. The van der Waals surface area contributed by atoms with Crippen molar-refractivity contribution < 1.29 is 4.74 Å². The molecule has 2 N–H and O–H groups in total. The van der Waals surface area contributed by atoms with Gasteiger partial charge in [-0.1, -0.05) is 18.2 Å². The van der Waals surface area contributed by atoms with Gasteiger partial charge in [-0.05, 0) is 30.2 Å². The third kappa shape index (κ3) is 2.14. The molecular weight excluding hydrogens is 224 g/mol. The van der Waals surface area contributed by atoms with Crippen molar-refractivity contribution in [2.45, 2.75) is 32.0 Å². The lowest BCUT2D eigenvalue weighted by Gasteiger charge is -2.11. The van der Waals surface area contributed by atoms with E-state index in [1.165, 1.54) is 11.1 Å². The van der Waals surface area contributed by atoms with Crippen LogP contribution in [0.3, 0.4) is 0 Å². The number of nitrogens with zero attached hydrogens (tertiary/aromatic N) is 1. The Morgan fingerprint density at radius 1 is 1.39 bits per heavy atom. The van der Waals surface area contributed by atoms with Crippen molar-refractivity contribution in [1.82, 2.24) is 4.57 Å². The second-order valence-corrected chi connectivity index (χ2v) is 4.98. The average Bonchev–Trinajstić information content (AvgIpc) is 2.94. The number of hydrogen-bond donors (Lipinski definition) is 1. The first-order valence-electron chi connectivity index (χ1n) is 6.38. The Hall–Kier alpha value is -1.74. The number of nitrogens with two attached hydrogens (primary N) is 1. The smallest absolute Gasteiger partial charge is 0.123 e. The van der Waals surface area contributed by atoms with Gasteiger partial charge in [-0.25, -0.2) is 0 Å². The lowest BCUT2D eigenvalue weighted by molar-refractivity contribution is 0.209. The fourth-order valence-corrected chi connectivity index (χ4v) is 2.43. The summed E-state index contributed by atoms with van der Waals surface area (Å²) in [5, 5.41) is 0. The Bertz CT molecular complexity index is 520. The molecule has 1 aliphatic rings. The number of ether oxygens (including phenoxy) is 1. The summed E-state index contributed by atoms with van der Waals surface area (Å²) >= 11 is 0. The zero-order chi connectivity index (χ0) is 12.5. The lowest BCUT2D eigenvalue weighted by Crippen LogP contribution is -2.19. The first-order chi connectivity index (χ1) is 8.72. The van der Waals surface area contributed by atoms with E-state index in [-0.39, 0.29) is 12.1 Å². The molecule has 1 aliphatic heterocycles. The van der Waals surface area contributed by atoms with Crippen LogP contribution in [0.4, 0.5) is 0 Å². The van der Waals surface area contributed by atoms with Crippen LogP contribution in [0.15, 0.2) is 42.7 Å². The summed E-state index contributed by atoms with van der Waals surface area (Å²) < 4.78 is 8.09. The molecular formula is C15H18N2O. The third-order valence-electron chi connectivity index (χ3n) is 3.43. The summed E-state index contributed by atoms with van der Waals surface area (Å²) in [6, 6.07) is 10.4. The topological polar surface area (TPSA) is 40.2 Å². The van der Waals surface area contributed by atoms with Crippen molar-refractivity contribution in [1.29, 1.82) is 0 Å². The first kappa shape index (κ1) is 11.4. The van der Waals surface area contributed by atoms with Gasteiger partial charge in [0.05, 0.1) is 6.54 Å². The molecule has 94 valence electrons. The highest BCUT2D eigenvalue weighted by atomic mass is 16.5. The largest absolute Gasteiger partial charge is 0.488 e. The van der Waals surface area contributed by atoms with Gasteiger partial charge in [0.25, 0.3) is 0 Å². The van der Waals surface area contributed by atoms with Crippen LogP contribution >= 0.6 is 0 Å². The second-order valence-electron chi connectivity index (χ2n) is 4.98. The van der Waals surface area contributed by atoms with E-state index in [9.17, 15) is 0 Å². The highest BCUT2D eigenvalue weighted by molar-refractivity contribution is 5.37. The number of aromatic nitrogens is 1.